The van der Waals surface area contributed by atoms with Crippen molar-refractivity contribution in [1.82, 2.24) is 0 Å². The minimum absolute atomic E-state index is 0.0915. The number of hydrogen-bond acceptors (Lipinski definition) is 2. The maximum absolute atomic E-state index is 11.5. The van der Waals surface area contributed by atoms with E-state index in [9.17, 15) is 4.79 Å². The molecule has 0 radical (unpaired) electrons. The maximum Gasteiger partial charge on any atom is 0.335 e. The lowest BCUT2D eigenvalue weighted by Crippen LogP contribution is -2.05. The lowest BCUT2D eigenvalue weighted by Gasteiger charge is -2.19. The average Bonchev–Trinajstić information content (AvgIpc) is 2.83. The van der Waals surface area contributed by atoms with E-state index in [4.69, 9.17) is 4.74 Å². The number of ether oxygens (including phenoxy) is 1. The predicted octanol–water partition coefficient (Wildman–Crippen LogP) is 6.86. The van der Waals surface area contributed by atoms with Crippen LogP contribution in [-0.2, 0) is 11.2 Å². The monoisotopic (exact) mass is 418 g/mol. The van der Waals surface area contributed by atoms with Gasteiger partial charge in [-0.1, -0.05) is 103 Å². The normalized spacial score (nSPS) is 11.5. The van der Waals surface area contributed by atoms with E-state index in [1.54, 1.807) is 0 Å². The van der Waals surface area contributed by atoms with Crippen LogP contribution in [0.25, 0.3) is 0 Å². The van der Waals surface area contributed by atoms with Crippen LogP contribution in [0.5, 0.6) is 5.75 Å². The minimum atomic E-state index is -0.457. The third-order valence-corrected chi connectivity index (χ3v) is 5.57. The molecule has 1 unspecified atom stereocenters. The molecule has 4 rings (SSSR count). The zero-order valence-corrected chi connectivity index (χ0v) is 18.2. The van der Waals surface area contributed by atoms with Gasteiger partial charge < -0.3 is 4.74 Å². The van der Waals surface area contributed by atoms with Crippen molar-refractivity contribution in [2.75, 3.05) is 0 Å². The molecule has 0 fully saturated rings. The van der Waals surface area contributed by atoms with Crippen LogP contribution in [0.15, 0.2) is 116 Å². The van der Waals surface area contributed by atoms with Gasteiger partial charge in [0.15, 0.2) is 0 Å². The summed E-state index contributed by atoms with van der Waals surface area (Å²) in [7, 11) is 0. The second-order valence-electron chi connectivity index (χ2n) is 7.94. The second kappa shape index (κ2) is 9.93. The van der Waals surface area contributed by atoms with Crippen LogP contribution in [-0.4, -0.2) is 5.97 Å². The number of esters is 1. The molecule has 0 spiro atoms. The summed E-state index contributed by atoms with van der Waals surface area (Å²) in [5.41, 5.74) is 7.46. The summed E-state index contributed by atoms with van der Waals surface area (Å²) in [5, 5.41) is 0. The quantitative estimate of drug-likeness (QED) is 0.142. The van der Waals surface area contributed by atoms with E-state index in [2.05, 4.69) is 86.3 Å². The highest BCUT2D eigenvalue weighted by atomic mass is 16.5. The summed E-state index contributed by atoms with van der Waals surface area (Å²) in [5.74, 6) is 0.147. The van der Waals surface area contributed by atoms with Crippen molar-refractivity contribution in [3.63, 3.8) is 0 Å². The van der Waals surface area contributed by atoms with Gasteiger partial charge in [0.05, 0.1) is 0 Å². The van der Waals surface area contributed by atoms with Crippen LogP contribution in [0.4, 0.5) is 0 Å². The van der Waals surface area contributed by atoms with Gasteiger partial charge in [0.2, 0.25) is 0 Å². The molecule has 0 saturated heterocycles. The standard InChI is InChI=1S/C30H26O2/c1-3-29(31)32-28-19-17-27(18-20-28)30(25-7-5-4-6-8-25)26-15-13-24(14-16-26)21-23-11-9-22(2)10-12-23/h3-20,30H,1,21H2,2H3. The van der Waals surface area contributed by atoms with Crippen LogP contribution in [0.2, 0.25) is 0 Å². The molecule has 2 nitrogen and oxygen atoms in total. The van der Waals surface area contributed by atoms with Crippen LogP contribution >= 0.6 is 0 Å². The molecule has 0 heterocycles. The molecule has 0 aliphatic carbocycles. The fourth-order valence-electron chi connectivity index (χ4n) is 3.88. The minimum Gasteiger partial charge on any atom is -0.423 e. The fraction of sp³-hybridized carbons (Fsp3) is 0.100. The number of benzene rings is 4. The zero-order valence-electron chi connectivity index (χ0n) is 18.2. The average molecular weight is 419 g/mol. The third kappa shape index (κ3) is 5.22. The summed E-state index contributed by atoms with van der Waals surface area (Å²) >= 11 is 0. The van der Waals surface area contributed by atoms with E-state index in [1.807, 2.05) is 30.3 Å². The van der Waals surface area contributed by atoms with Crippen LogP contribution in [0.1, 0.15) is 39.3 Å². The second-order valence-corrected chi connectivity index (χ2v) is 7.94. The molecule has 0 aliphatic heterocycles. The molecular formula is C30H26O2. The molecule has 0 amide bonds. The van der Waals surface area contributed by atoms with E-state index in [0.717, 1.165) is 12.0 Å². The first-order chi connectivity index (χ1) is 15.6. The number of aryl methyl sites for hydroxylation is 1. The van der Waals surface area contributed by atoms with Crippen LogP contribution < -0.4 is 4.74 Å². The van der Waals surface area contributed by atoms with Crippen molar-refractivity contribution < 1.29 is 9.53 Å². The van der Waals surface area contributed by atoms with E-state index < -0.39 is 5.97 Å². The van der Waals surface area contributed by atoms with Crippen molar-refractivity contribution in [1.29, 1.82) is 0 Å². The van der Waals surface area contributed by atoms with Gasteiger partial charge >= 0.3 is 5.97 Å². The van der Waals surface area contributed by atoms with Crippen LogP contribution in [0.3, 0.4) is 0 Å². The molecule has 0 aliphatic rings. The molecule has 0 bridgehead atoms. The Morgan fingerprint density at radius 3 is 1.81 bits per heavy atom. The Morgan fingerprint density at radius 2 is 1.25 bits per heavy atom. The summed E-state index contributed by atoms with van der Waals surface area (Å²) < 4.78 is 5.23. The zero-order chi connectivity index (χ0) is 22.3. The Bertz CT molecular complexity index is 1170. The van der Waals surface area contributed by atoms with E-state index in [0.29, 0.717) is 5.75 Å². The largest absolute Gasteiger partial charge is 0.423 e. The summed E-state index contributed by atoms with van der Waals surface area (Å²) in [6, 6.07) is 35.7. The summed E-state index contributed by atoms with van der Waals surface area (Å²) in [4.78, 5) is 11.5. The van der Waals surface area contributed by atoms with Crippen molar-refractivity contribution in [3.05, 3.63) is 149 Å². The molecule has 4 aromatic rings. The number of hydrogen-bond donors (Lipinski definition) is 0. The Kier molecular flexibility index (Phi) is 6.62. The summed E-state index contributed by atoms with van der Waals surface area (Å²) in [6.07, 6.45) is 2.08. The maximum atomic E-state index is 11.5. The predicted molar refractivity (Wildman–Crippen MR) is 130 cm³/mol. The molecule has 2 heteroatoms. The highest BCUT2D eigenvalue weighted by molar-refractivity contribution is 5.83. The van der Waals surface area contributed by atoms with Crippen LogP contribution in [0, 0.1) is 6.92 Å². The smallest absolute Gasteiger partial charge is 0.335 e. The molecule has 4 aromatic carbocycles. The molecule has 0 aromatic heterocycles. The third-order valence-electron chi connectivity index (χ3n) is 5.57. The highest BCUT2D eigenvalue weighted by Gasteiger charge is 2.17. The van der Waals surface area contributed by atoms with Gasteiger partial charge in [0, 0.05) is 12.0 Å². The van der Waals surface area contributed by atoms with Gasteiger partial charge in [0.1, 0.15) is 5.75 Å². The molecule has 1 atom stereocenters. The van der Waals surface area contributed by atoms with E-state index in [-0.39, 0.29) is 5.92 Å². The molecule has 32 heavy (non-hydrogen) atoms. The SMILES string of the molecule is C=CC(=O)Oc1ccc(C(c2ccccc2)c2ccc(Cc3ccc(C)cc3)cc2)cc1. The van der Waals surface area contributed by atoms with Crippen molar-refractivity contribution in [3.8, 4) is 5.75 Å². The van der Waals surface area contributed by atoms with Gasteiger partial charge in [0.25, 0.3) is 0 Å². The first kappa shape index (κ1) is 21.3. The topological polar surface area (TPSA) is 26.3 Å². The van der Waals surface area contributed by atoms with Gasteiger partial charge in [-0.25, -0.2) is 4.79 Å². The molecule has 0 saturated carbocycles. The Morgan fingerprint density at radius 1 is 0.750 bits per heavy atom. The molecule has 0 N–H and O–H groups in total. The van der Waals surface area contributed by atoms with Gasteiger partial charge in [-0.15, -0.1) is 0 Å². The lowest BCUT2D eigenvalue weighted by molar-refractivity contribution is -0.128. The molecular weight excluding hydrogens is 392 g/mol. The van der Waals surface area contributed by atoms with E-state index >= 15 is 0 Å². The van der Waals surface area contributed by atoms with E-state index in [1.165, 1.54) is 33.9 Å². The highest BCUT2D eigenvalue weighted by Crippen LogP contribution is 2.33. The molecule has 158 valence electrons. The van der Waals surface area contributed by atoms with Crippen molar-refractivity contribution in [2.45, 2.75) is 19.3 Å². The number of carbonyl (C=O) groups is 1. The lowest BCUT2D eigenvalue weighted by atomic mass is 9.84. The first-order valence-corrected chi connectivity index (χ1v) is 10.8. The number of rotatable bonds is 7. The number of carbonyl (C=O) groups excluding carboxylic acids is 1. The summed E-state index contributed by atoms with van der Waals surface area (Å²) in [6.45, 7) is 5.55. The Hall–Kier alpha value is -3.91. The van der Waals surface area contributed by atoms with Gasteiger partial charge in [-0.05, 0) is 53.3 Å². The Balaban J connectivity index is 1.61. The fourth-order valence-corrected chi connectivity index (χ4v) is 3.88. The Labute approximate surface area is 189 Å². The first-order valence-electron chi connectivity index (χ1n) is 10.8. The van der Waals surface area contributed by atoms with Crippen molar-refractivity contribution >= 4 is 5.97 Å². The van der Waals surface area contributed by atoms with Gasteiger partial charge in [-0.2, -0.15) is 0 Å². The van der Waals surface area contributed by atoms with Crippen molar-refractivity contribution in [2.24, 2.45) is 0 Å². The van der Waals surface area contributed by atoms with Gasteiger partial charge in [-0.3, -0.25) is 0 Å².